The van der Waals surface area contributed by atoms with Crippen molar-refractivity contribution in [3.05, 3.63) is 65.2 Å². The fraction of sp³-hybridized carbons (Fsp3) is 0.444. The van der Waals surface area contributed by atoms with Crippen LogP contribution in [0.15, 0.2) is 48.5 Å². The molecule has 8 heteroatoms. The third-order valence-electron chi connectivity index (χ3n) is 6.96. The Hall–Kier alpha value is -3.00. The van der Waals surface area contributed by atoms with Crippen LogP contribution in [0, 0.1) is 5.92 Å². The van der Waals surface area contributed by atoms with E-state index in [1.54, 1.807) is 23.8 Å². The van der Waals surface area contributed by atoms with E-state index in [1.165, 1.54) is 0 Å². The molecule has 0 aromatic heterocycles. The second-order valence-electron chi connectivity index (χ2n) is 9.71. The fourth-order valence-electron chi connectivity index (χ4n) is 4.78. The average molecular weight is 496 g/mol. The minimum Gasteiger partial charge on any atom is -0.497 e. The molecule has 186 valence electrons. The number of benzene rings is 2. The van der Waals surface area contributed by atoms with E-state index < -0.39 is 16.8 Å². The molecule has 2 N–H and O–H groups in total. The number of carbonyl (C=O) groups is 3. The highest BCUT2D eigenvalue weighted by molar-refractivity contribution is 8.01. The van der Waals surface area contributed by atoms with Gasteiger partial charge < -0.3 is 20.3 Å². The molecule has 4 atom stereocenters. The maximum atomic E-state index is 13.7. The van der Waals surface area contributed by atoms with Crippen molar-refractivity contribution in [2.45, 2.75) is 62.9 Å². The van der Waals surface area contributed by atoms with E-state index >= 15 is 0 Å². The number of thioether (sulfide) groups is 1. The molecule has 0 saturated carbocycles. The van der Waals surface area contributed by atoms with Crippen molar-refractivity contribution in [3.63, 3.8) is 0 Å². The van der Waals surface area contributed by atoms with E-state index in [0.29, 0.717) is 12.1 Å². The number of hydrogen-bond donors (Lipinski definition) is 2. The SMILES string of the molecule is CCC(C)[C@H](NC(=O)[C@H]1N2C(=O)c3ccccc3C2SC1(C)C)C(=O)NCc1ccc(OC)cc1. The third kappa shape index (κ3) is 4.76. The number of nitrogens with zero attached hydrogens (tertiary/aromatic N) is 1. The molecule has 0 aliphatic carbocycles. The Morgan fingerprint density at radius 3 is 2.49 bits per heavy atom. The number of amides is 3. The van der Waals surface area contributed by atoms with Crippen molar-refractivity contribution in [2.75, 3.05) is 7.11 Å². The van der Waals surface area contributed by atoms with Gasteiger partial charge in [-0.05, 0) is 49.1 Å². The Balaban J connectivity index is 1.50. The van der Waals surface area contributed by atoms with Gasteiger partial charge in [-0.2, -0.15) is 0 Å². The zero-order valence-corrected chi connectivity index (χ0v) is 21.6. The third-order valence-corrected chi connectivity index (χ3v) is 8.50. The summed E-state index contributed by atoms with van der Waals surface area (Å²) < 4.78 is 4.68. The molecule has 4 rings (SSSR count). The summed E-state index contributed by atoms with van der Waals surface area (Å²) in [5, 5.41) is 5.76. The lowest BCUT2D eigenvalue weighted by Gasteiger charge is -2.32. The second-order valence-corrected chi connectivity index (χ2v) is 11.4. The van der Waals surface area contributed by atoms with Crippen LogP contribution in [0.2, 0.25) is 0 Å². The molecule has 7 nitrogen and oxygen atoms in total. The Kier molecular flexibility index (Phi) is 7.12. The van der Waals surface area contributed by atoms with Crippen molar-refractivity contribution in [3.8, 4) is 5.75 Å². The minimum atomic E-state index is -0.703. The number of methoxy groups -OCH3 is 1. The quantitative estimate of drug-likeness (QED) is 0.580. The van der Waals surface area contributed by atoms with Crippen molar-refractivity contribution in [1.29, 1.82) is 0 Å². The highest BCUT2D eigenvalue weighted by Gasteiger charge is 2.57. The van der Waals surface area contributed by atoms with Gasteiger partial charge in [-0.15, -0.1) is 11.8 Å². The summed E-state index contributed by atoms with van der Waals surface area (Å²) in [5.41, 5.74) is 2.53. The van der Waals surface area contributed by atoms with Crippen LogP contribution in [0.3, 0.4) is 0 Å². The second kappa shape index (κ2) is 9.93. The van der Waals surface area contributed by atoms with Gasteiger partial charge in [0.2, 0.25) is 11.8 Å². The topological polar surface area (TPSA) is 87.7 Å². The van der Waals surface area contributed by atoms with Crippen LogP contribution in [0.25, 0.3) is 0 Å². The molecule has 3 amide bonds. The van der Waals surface area contributed by atoms with Crippen molar-refractivity contribution in [2.24, 2.45) is 5.92 Å². The smallest absolute Gasteiger partial charge is 0.256 e. The molecule has 2 aromatic carbocycles. The zero-order chi connectivity index (χ0) is 25.3. The highest BCUT2D eigenvalue weighted by Crippen LogP contribution is 2.56. The van der Waals surface area contributed by atoms with Gasteiger partial charge >= 0.3 is 0 Å². The van der Waals surface area contributed by atoms with Crippen LogP contribution >= 0.6 is 11.8 Å². The number of nitrogens with one attached hydrogen (secondary N) is 2. The first-order valence-corrected chi connectivity index (χ1v) is 12.9. The van der Waals surface area contributed by atoms with Gasteiger partial charge in [-0.1, -0.05) is 50.6 Å². The molecule has 35 heavy (non-hydrogen) atoms. The van der Waals surface area contributed by atoms with Crippen LogP contribution in [-0.4, -0.2) is 46.6 Å². The molecular formula is C27H33N3O4S. The number of ether oxygens (including phenoxy) is 1. The van der Waals surface area contributed by atoms with Gasteiger partial charge in [0, 0.05) is 16.9 Å². The molecule has 1 fully saturated rings. The molecule has 2 unspecified atom stereocenters. The number of fused-ring (bicyclic) bond motifs is 3. The summed E-state index contributed by atoms with van der Waals surface area (Å²) in [6, 6.07) is 13.6. The zero-order valence-electron chi connectivity index (χ0n) is 20.8. The van der Waals surface area contributed by atoms with E-state index in [4.69, 9.17) is 4.74 Å². The van der Waals surface area contributed by atoms with Crippen LogP contribution in [0.1, 0.15) is 61.0 Å². The fourth-order valence-corrected chi connectivity index (χ4v) is 6.37. The molecular weight excluding hydrogens is 462 g/mol. The number of hydrogen-bond acceptors (Lipinski definition) is 5. The van der Waals surface area contributed by atoms with Crippen LogP contribution in [0.5, 0.6) is 5.75 Å². The number of carbonyl (C=O) groups excluding carboxylic acids is 3. The Labute approximate surface area is 211 Å². The first-order chi connectivity index (χ1) is 16.7. The molecule has 2 aromatic rings. The van der Waals surface area contributed by atoms with Crippen molar-refractivity contribution >= 4 is 29.5 Å². The molecule has 1 saturated heterocycles. The van der Waals surface area contributed by atoms with Gasteiger partial charge in [0.05, 0.1) is 7.11 Å². The summed E-state index contributed by atoms with van der Waals surface area (Å²) in [4.78, 5) is 41.8. The summed E-state index contributed by atoms with van der Waals surface area (Å²) in [6.45, 7) is 8.26. The molecule has 0 bridgehead atoms. The monoisotopic (exact) mass is 495 g/mol. The Bertz CT molecular complexity index is 1120. The molecule has 0 radical (unpaired) electrons. The highest BCUT2D eigenvalue weighted by atomic mass is 32.2. The maximum Gasteiger partial charge on any atom is 0.256 e. The lowest BCUT2D eigenvalue weighted by molar-refractivity contribution is -0.133. The largest absolute Gasteiger partial charge is 0.497 e. The van der Waals surface area contributed by atoms with E-state index in [1.807, 2.05) is 76.2 Å². The standard InChI is InChI=1S/C27H33N3O4S/c1-6-16(2)21(23(31)28-15-17-11-13-18(34-5)14-12-17)29-24(32)22-27(3,4)35-26-20-10-8-7-9-19(20)25(33)30(22)26/h7-14,16,21-22,26H,6,15H2,1-5H3,(H,28,31)(H,29,32)/t16?,21-,22+,26?/m0/s1. The van der Waals surface area contributed by atoms with Crippen molar-refractivity contribution < 1.29 is 19.1 Å². The summed E-state index contributed by atoms with van der Waals surface area (Å²) in [7, 11) is 1.61. The van der Waals surface area contributed by atoms with E-state index in [-0.39, 0.29) is 29.0 Å². The minimum absolute atomic E-state index is 0.0748. The molecule has 2 aliphatic rings. The average Bonchev–Trinajstić information content (AvgIpc) is 3.29. The van der Waals surface area contributed by atoms with E-state index in [0.717, 1.165) is 23.3 Å². The van der Waals surface area contributed by atoms with Crippen LogP contribution in [0.4, 0.5) is 0 Å². The van der Waals surface area contributed by atoms with Crippen LogP contribution in [-0.2, 0) is 16.1 Å². The van der Waals surface area contributed by atoms with Crippen molar-refractivity contribution in [1.82, 2.24) is 15.5 Å². The van der Waals surface area contributed by atoms with Gasteiger partial charge in [0.1, 0.15) is 23.2 Å². The van der Waals surface area contributed by atoms with E-state index in [2.05, 4.69) is 10.6 Å². The Morgan fingerprint density at radius 1 is 1.14 bits per heavy atom. The van der Waals surface area contributed by atoms with Crippen LogP contribution < -0.4 is 15.4 Å². The van der Waals surface area contributed by atoms with Gasteiger partial charge in [0.15, 0.2) is 0 Å². The summed E-state index contributed by atoms with van der Waals surface area (Å²) in [6.07, 6.45) is 0.723. The predicted octanol–water partition coefficient (Wildman–Crippen LogP) is 3.89. The number of rotatable bonds is 8. The van der Waals surface area contributed by atoms with Gasteiger partial charge in [-0.3, -0.25) is 14.4 Å². The first-order valence-electron chi connectivity index (χ1n) is 12.0. The predicted molar refractivity (Wildman–Crippen MR) is 137 cm³/mol. The lowest BCUT2D eigenvalue weighted by Crippen LogP contribution is -2.58. The molecule has 0 spiro atoms. The molecule has 2 aliphatic heterocycles. The normalized spacial score (nSPS) is 21.6. The summed E-state index contributed by atoms with van der Waals surface area (Å²) >= 11 is 1.61. The maximum absolute atomic E-state index is 13.7. The lowest BCUT2D eigenvalue weighted by atomic mass is 9.95. The van der Waals surface area contributed by atoms with Gasteiger partial charge in [-0.25, -0.2) is 0 Å². The first kappa shape index (κ1) is 25.1. The summed E-state index contributed by atoms with van der Waals surface area (Å²) in [5.74, 6) is 0.0107. The Morgan fingerprint density at radius 2 is 1.83 bits per heavy atom. The molecule has 2 heterocycles. The van der Waals surface area contributed by atoms with Gasteiger partial charge in [0.25, 0.3) is 5.91 Å². The van der Waals surface area contributed by atoms with E-state index in [9.17, 15) is 14.4 Å².